The van der Waals surface area contributed by atoms with Gasteiger partial charge in [-0.3, -0.25) is 4.79 Å². The van der Waals surface area contributed by atoms with Crippen LogP contribution in [-0.4, -0.2) is 18.6 Å². The molecule has 1 saturated carbocycles. The van der Waals surface area contributed by atoms with Crippen LogP contribution in [0.15, 0.2) is 103 Å². The molecule has 0 heterocycles. The van der Waals surface area contributed by atoms with Crippen LogP contribution >= 0.6 is 0 Å². The highest BCUT2D eigenvalue weighted by Gasteiger charge is 2.31. The smallest absolute Gasteiger partial charge is 0.369 e. The first-order valence-corrected chi connectivity index (χ1v) is 13.3. The molecule has 4 rings (SSSR count). The number of aryl methyl sites for hydroxylation is 1. The molecule has 3 aromatic rings. The van der Waals surface area contributed by atoms with Gasteiger partial charge in [-0.25, -0.2) is 0 Å². The van der Waals surface area contributed by atoms with Gasteiger partial charge in [-0.15, -0.1) is 0 Å². The zero-order chi connectivity index (χ0) is 29.1. The van der Waals surface area contributed by atoms with Gasteiger partial charge >= 0.3 is 6.18 Å². The molecule has 0 saturated heterocycles. The zero-order valence-corrected chi connectivity index (χ0v) is 23.0. The average molecular weight is 551 g/mol. The van der Waals surface area contributed by atoms with Crippen LogP contribution in [0.4, 0.5) is 18.9 Å². The number of hydrogen-bond acceptors (Lipinski definition) is 4. The number of nitrogens with two attached hydrogens (primary N) is 1. The fourth-order valence-electron chi connectivity index (χ4n) is 4.02. The van der Waals surface area contributed by atoms with E-state index in [1.807, 2.05) is 0 Å². The number of alkyl halides is 3. The molecule has 1 unspecified atom stereocenters. The summed E-state index contributed by atoms with van der Waals surface area (Å²) in [5.74, 6) is 0.400. The number of carbonyl (C=O) groups excluding carboxylic acids is 1. The quantitative estimate of drug-likeness (QED) is 0.187. The molecule has 0 aromatic heterocycles. The second-order valence-corrected chi connectivity index (χ2v) is 9.97. The number of benzene rings is 3. The lowest BCUT2D eigenvalue weighted by Gasteiger charge is -2.19. The Bertz CT molecular complexity index is 1300. The Hall–Kier alpha value is -3.68. The van der Waals surface area contributed by atoms with Crippen molar-refractivity contribution >= 4 is 11.5 Å². The van der Waals surface area contributed by atoms with E-state index in [-0.39, 0.29) is 11.8 Å². The van der Waals surface area contributed by atoms with E-state index in [0.717, 1.165) is 18.1 Å². The van der Waals surface area contributed by atoms with Crippen molar-refractivity contribution < 1.29 is 22.7 Å². The lowest BCUT2D eigenvalue weighted by Crippen LogP contribution is -2.14. The predicted octanol–water partition coefficient (Wildman–Crippen LogP) is 8.05. The van der Waals surface area contributed by atoms with Crippen molar-refractivity contribution in [1.29, 1.82) is 0 Å². The van der Waals surface area contributed by atoms with Crippen LogP contribution in [-0.2, 0) is 16.1 Å². The number of carbonyl (C=O) groups is 1. The van der Waals surface area contributed by atoms with E-state index in [9.17, 15) is 18.0 Å². The molecule has 3 aromatic carbocycles. The third kappa shape index (κ3) is 10.1. The minimum Gasteiger partial charge on any atom is -0.369 e. The van der Waals surface area contributed by atoms with Crippen LogP contribution in [0.5, 0.6) is 0 Å². The van der Waals surface area contributed by atoms with Crippen molar-refractivity contribution in [2.45, 2.75) is 51.9 Å². The summed E-state index contributed by atoms with van der Waals surface area (Å²) in [5.41, 5.74) is 9.28. The molecule has 0 aliphatic heterocycles. The van der Waals surface area contributed by atoms with Gasteiger partial charge in [-0.05, 0) is 54.2 Å². The van der Waals surface area contributed by atoms with Crippen molar-refractivity contribution in [2.75, 3.05) is 11.9 Å². The Morgan fingerprint density at radius 3 is 2.33 bits per heavy atom. The molecule has 0 bridgehead atoms. The predicted molar refractivity (Wildman–Crippen MR) is 155 cm³/mol. The minimum absolute atomic E-state index is 0.0647. The Kier molecular flexibility index (Phi) is 11.3. The number of ketones is 1. The Morgan fingerprint density at radius 1 is 1.05 bits per heavy atom. The Balaban J connectivity index is 0.000000220. The van der Waals surface area contributed by atoms with Crippen LogP contribution in [0.2, 0.25) is 0 Å². The Morgan fingerprint density at radius 2 is 1.73 bits per heavy atom. The monoisotopic (exact) mass is 550 g/mol. The van der Waals surface area contributed by atoms with E-state index >= 15 is 0 Å². The van der Waals surface area contributed by atoms with Crippen LogP contribution in [0.25, 0.3) is 0 Å². The van der Waals surface area contributed by atoms with Crippen LogP contribution < -0.4 is 11.1 Å². The number of nitrogens with one attached hydrogen (secondary N) is 1. The topological polar surface area (TPSA) is 64.3 Å². The maximum Gasteiger partial charge on any atom is 0.415 e. The molecule has 1 aliphatic rings. The summed E-state index contributed by atoms with van der Waals surface area (Å²) in [4.78, 5) is 11.4. The highest BCUT2D eigenvalue weighted by Crippen LogP contribution is 2.34. The molecule has 1 aliphatic carbocycles. The largest absolute Gasteiger partial charge is 0.415 e. The van der Waals surface area contributed by atoms with Crippen molar-refractivity contribution in [3.63, 3.8) is 0 Å². The summed E-state index contributed by atoms with van der Waals surface area (Å²) in [6, 6.07) is 26.0. The van der Waals surface area contributed by atoms with Crippen molar-refractivity contribution in [3.8, 4) is 0 Å². The van der Waals surface area contributed by atoms with Crippen molar-refractivity contribution in [3.05, 3.63) is 125 Å². The summed E-state index contributed by atoms with van der Waals surface area (Å²) >= 11 is 0. The number of halogens is 3. The molecule has 1 atom stereocenters. The Labute approximate surface area is 234 Å². The van der Waals surface area contributed by atoms with E-state index in [0.29, 0.717) is 18.3 Å². The zero-order valence-electron chi connectivity index (χ0n) is 23.0. The first kappa shape index (κ1) is 30.9. The molecule has 1 fully saturated rings. The number of hydrogen-bond donors (Lipinski definition) is 2. The fraction of sp³-hybridized carbons (Fsp3) is 0.303. The number of anilines is 1. The summed E-state index contributed by atoms with van der Waals surface area (Å²) in [5, 5.41) is 2.65. The fourth-order valence-corrected chi connectivity index (χ4v) is 4.02. The molecule has 0 amide bonds. The molecule has 40 heavy (non-hydrogen) atoms. The lowest BCUT2D eigenvalue weighted by molar-refractivity contribution is -0.113. The van der Waals surface area contributed by atoms with Gasteiger partial charge in [-0.1, -0.05) is 91.7 Å². The van der Waals surface area contributed by atoms with Crippen LogP contribution in [0, 0.1) is 12.8 Å². The van der Waals surface area contributed by atoms with Gasteiger partial charge in [-0.2, -0.15) is 13.2 Å². The number of allylic oxidation sites excluding steroid dienone is 3. The van der Waals surface area contributed by atoms with Crippen LogP contribution in [0.1, 0.15) is 54.5 Å². The third-order valence-electron chi connectivity index (χ3n) is 6.46. The molecule has 7 heteroatoms. The summed E-state index contributed by atoms with van der Waals surface area (Å²) in [6.45, 7) is 7.38. The molecule has 0 radical (unpaired) electrons. The molecule has 212 valence electrons. The van der Waals surface area contributed by atoms with Gasteiger partial charge < -0.3 is 15.8 Å². The minimum atomic E-state index is -4.57. The molecular weight excluding hydrogens is 513 g/mol. The SMILES string of the molecule is C=C(/C=C(\Nc1cccc(CN)c1)C(C)=O)C(F)(F)F.Cc1cccc(C(OCCC2CC2)c2ccccc2)c1. The average Bonchev–Trinajstić information content (AvgIpc) is 3.75. The number of rotatable bonds is 11. The van der Waals surface area contributed by atoms with Gasteiger partial charge in [0.15, 0.2) is 5.78 Å². The summed E-state index contributed by atoms with van der Waals surface area (Å²) in [6.07, 6.45) is 0.177. The normalized spacial score (nSPS) is 14.1. The first-order chi connectivity index (χ1) is 19.1. The van der Waals surface area contributed by atoms with Crippen molar-refractivity contribution in [2.24, 2.45) is 11.7 Å². The lowest BCUT2D eigenvalue weighted by atomic mass is 10.00. The molecule has 0 spiro atoms. The molecule has 3 N–H and O–H groups in total. The maximum absolute atomic E-state index is 12.4. The molecular formula is C33H37F3N2O2. The van der Waals surface area contributed by atoms with Gasteiger partial charge in [0.05, 0.1) is 11.3 Å². The first-order valence-electron chi connectivity index (χ1n) is 13.3. The highest BCUT2D eigenvalue weighted by molar-refractivity contribution is 5.96. The van der Waals surface area contributed by atoms with Crippen molar-refractivity contribution in [1.82, 2.24) is 0 Å². The maximum atomic E-state index is 12.4. The van der Waals surface area contributed by atoms with E-state index in [1.54, 1.807) is 24.3 Å². The second-order valence-electron chi connectivity index (χ2n) is 9.97. The summed E-state index contributed by atoms with van der Waals surface area (Å²) < 4.78 is 43.5. The third-order valence-corrected chi connectivity index (χ3v) is 6.46. The number of ether oxygens (including phenoxy) is 1. The standard InChI is InChI=1S/C19H22O.C14H15F3N2O/c1-15-6-5-9-18(14-15)19(17-7-3-2-4-8-17)20-13-12-16-10-11-16;1-9(14(15,16)17)6-13(10(2)20)19-12-5-3-4-11(7-12)8-18/h2-9,14,16,19H,10-13H2,1H3;3-7,19H,1,8,18H2,2H3/b;13-6-. The highest BCUT2D eigenvalue weighted by atomic mass is 19.4. The second kappa shape index (κ2) is 14.6. The van der Waals surface area contributed by atoms with Gasteiger partial charge in [0.2, 0.25) is 0 Å². The number of Topliss-reactive ketones (excluding diaryl/α,β-unsaturated/α-hetero) is 1. The van der Waals surface area contributed by atoms with Gasteiger partial charge in [0, 0.05) is 25.8 Å². The van der Waals surface area contributed by atoms with Gasteiger partial charge in [0.25, 0.3) is 0 Å². The van der Waals surface area contributed by atoms with E-state index in [2.05, 4.69) is 73.4 Å². The van der Waals surface area contributed by atoms with Crippen LogP contribution in [0.3, 0.4) is 0 Å². The summed E-state index contributed by atoms with van der Waals surface area (Å²) in [7, 11) is 0. The van der Waals surface area contributed by atoms with Gasteiger partial charge in [0.1, 0.15) is 6.10 Å². The van der Waals surface area contributed by atoms with E-state index in [4.69, 9.17) is 10.5 Å². The van der Waals surface area contributed by atoms with E-state index < -0.39 is 17.5 Å². The molecule has 4 nitrogen and oxygen atoms in total. The van der Waals surface area contributed by atoms with E-state index in [1.165, 1.54) is 42.9 Å².